The van der Waals surface area contributed by atoms with E-state index in [0.29, 0.717) is 37.4 Å². The van der Waals surface area contributed by atoms with Gasteiger partial charge in [-0.1, -0.05) is 13.0 Å². The summed E-state index contributed by atoms with van der Waals surface area (Å²) in [5.41, 5.74) is 1.02. The first-order valence-electron chi connectivity index (χ1n) is 6.69. The van der Waals surface area contributed by atoms with Crippen molar-refractivity contribution in [1.82, 2.24) is 5.32 Å². The Bertz CT molecular complexity index is 630. The quantitative estimate of drug-likeness (QED) is 0.721. The number of nitrogens with two attached hydrogens (primary N) is 1. The van der Waals surface area contributed by atoms with E-state index < -0.39 is 16.1 Å². The van der Waals surface area contributed by atoms with Crippen LogP contribution in [0.25, 0.3) is 0 Å². The van der Waals surface area contributed by atoms with E-state index in [4.69, 9.17) is 9.88 Å². The fourth-order valence-corrected chi connectivity index (χ4v) is 3.02. The number of amides is 1. The van der Waals surface area contributed by atoms with Crippen molar-refractivity contribution in [2.24, 2.45) is 5.14 Å². The molecule has 124 valence electrons. The maximum atomic E-state index is 12.0. The van der Waals surface area contributed by atoms with E-state index in [2.05, 4.69) is 10.6 Å². The normalized spacial score (nSPS) is 18.4. The minimum Gasteiger partial charge on any atom is -0.378 e. The minimum atomic E-state index is -3.82. The van der Waals surface area contributed by atoms with Crippen LogP contribution in [-0.4, -0.2) is 40.1 Å². The number of morpholine rings is 1. The largest absolute Gasteiger partial charge is 0.378 e. The average molecular weight is 350 g/mol. The van der Waals surface area contributed by atoms with Gasteiger partial charge in [0.15, 0.2) is 0 Å². The van der Waals surface area contributed by atoms with Gasteiger partial charge in [0, 0.05) is 12.2 Å². The molecule has 1 fully saturated rings. The number of sulfonamides is 1. The molecule has 22 heavy (non-hydrogen) atoms. The van der Waals surface area contributed by atoms with Crippen LogP contribution < -0.4 is 15.8 Å². The molecule has 1 unspecified atom stereocenters. The van der Waals surface area contributed by atoms with Crippen molar-refractivity contribution in [2.45, 2.75) is 24.3 Å². The van der Waals surface area contributed by atoms with Crippen LogP contribution in [0.2, 0.25) is 0 Å². The molecule has 1 aliphatic heterocycles. The summed E-state index contributed by atoms with van der Waals surface area (Å²) in [7, 11) is -3.82. The third-order valence-electron chi connectivity index (χ3n) is 3.26. The Hall–Kier alpha value is -1.19. The van der Waals surface area contributed by atoms with E-state index >= 15 is 0 Å². The second kappa shape index (κ2) is 7.89. The van der Waals surface area contributed by atoms with Crippen molar-refractivity contribution in [2.75, 3.05) is 25.1 Å². The maximum absolute atomic E-state index is 12.0. The molecule has 0 spiro atoms. The van der Waals surface area contributed by atoms with E-state index in [1.807, 2.05) is 6.92 Å². The molecule has 1 atom stereocenters. The first-order chi connectivity index (χ1) is 9.91. The van der Waals surface area contributed by atoms with Crippen LogP contribution in [0.3, 0.4) is 0 Å². The summed E-state index contributed by atoms with van der Waals surface area (Å²) >= 11 is 0. The second-order valence-electron chi connectivity index (χ2n) is 4.79. The van der Waals surface area contributed by atoms with Gasteiger partial charge in [0.25, 0.3) is 0 Å². The van der Waals surface area contributed by atoms with Gasteiger partial charge < -0.3 is 15.4 Å². The molecule has 0 aromatic heterocycles. The standard InChI is InChI=1S/C13H19N3O4S.ClH/c1-2-9-3-4-10(7-12(9)21(14,18)19)16-13(17)11-8-20-6-5-15-11;/h3-4,7,11,15H,2,5-6,8H2,1H3,(H,16,17)(H2,14,18,19);1H. The smallest absolute Gasteiger partial charge is 0.243 e. The molecule has 7 nitrogen and oxygen atoms in total. The Balaban J connectivity index is 0.00000242. The fraction of sp³-hybridized carbons (Fsp3) is 0.462. The summed E-state index contributed by atoms with van der Waals surface area (Å²) in [6.07, 6.45) is 0.540. The molecule has 1 heterocycles. The number of aryl methyl sites for hydroxylation is 1. The number of nitrogens with one attached hydrogen (secondary N) is 2. The lowest BCUT2D eigenvalue weighted by molar-refractivity contribution is -0.120. The van der Waals surface area contributed by atoms with Crippen molar-refractivity contribution in [3.05, 3.63) is 23.8 Å². The zero-order chi connectivity index (χ0) is 15.5. The number of hydrogen-bond donors (Lipinski definition) is 3. The van der Waals surface area contributed by atoms with Gasteiger partial charge in [-0.05, 0) is 24.1 Å². The van der Waals surface area contributed by atoms with Crippen molar-refractivity contribution in [3.8, 4) is 0 Å². The Morgan fingerprint density at radius 3 is 2.77 bits per heavy atom. The van der Waals surface area contributed by atoms with E-state index in [-0.39, 0.29) is 23.2 Å². The molecule has 0 aliphatic carbocycles. The summed E-state index contributed by atoms with van der Waals surface area (Å²) < 4.78 is 28.4. The number of carbonyl (C=O) groups is 1. The molecule has 1 aliphatic rings. The van der Waals surface area contributed by atoms with Gasteiger partial charge in [0.1, 0.15) is 6.04 Å². The SMILES string of the molecule is CCc1ccc(NC(=O)C2COCCN2)cc1S(N)(=O)=O.Cl. The van der Waals surface area contributed by atoms with Crippen molar-refractivity contribution >= 4 is 34.0 Å². The van der Waals surface area contributed by atoms with Gasteiger partial charge in [-0.3, -0.25) is 4.79 Å². The fourth-order valence-electron chi connectivity index (χ4n) is 2.15. The highest BCUT2D eigenvalue weighted by Gasteiger charge is 2.22. The van der Waals surface area contributed by atoms with Crippen molar-refractivity contribution in [1.29, 1.82) is 0 Å². The molecular formula is C13H20ClN3O4S. The van der Waals surface area contributed by atoms with E-state index in [9.17, 15) is 13.2 Å². The van der Waals surface area contributed by atoms with Gasteiger partial charge >= 0.3 is 0 Å². The zero-order valence-corrected chi connectivity index (χ0v) is 13.8. The molecule has 1 saturated heterocycles. The molecule has 0 saturated carbocycles. The van der Waals surface area contributed by atoms with E-state index in [1.54, 1.807) is 12.1 Å². The molecule has 9 heteroatoms. The third-order valence-corrected chi connectivity index (χ3v) is 4.25. The molecule has 0 bridgehead atoms. The predicted octanol–water partition coefficient (Wildman–Crippen LogP) is 0.245. The monoisotopic (exact) mass is 349 g/mol. The number of halogens is 1. The number of rotatable bonds is 4. The van der Waals surface area contributed by atoms with Crippen LogP contribution in [0, 0.1) is 0 Å². The minimum absolute atomic E-state index is 0. The molecule has 1 amide bonds. The van der Waals surface area contributed by atoms with Crippen molar-refractivity contribution in [3.63, 3.8) is 0 Å². The molecular weight excluding hydrogens is 330 g/mol. The second-order valence-corrected chi connectivity index (χ2v) is 6.32. The van der Waals surface area contributed by atoms with Crippen LogP contribution in [0.4, 0.5) is 5.69 Å². The van der Waals surface area contributed by atoms with Gasteiger partial charge in [0.2, 0.25) is 15.9 Å². The Morgan fingerprint density at radius 2 is 2.23 bits per heavy atom. The van der Waals surface area contributed by atoms with Crippen LogP contribution in [0.1, 0.15) is 12.5 Å². The van der Waals surface area contributed by atoms with Gasteiger partial charge in [-0.25, -0.2) is 13.6 Å². The first kappa shape index (κ1) is 18.9. The van der Waals surface area contributed by atoms with Crippen molar-refractivity contribution < 1.29 is 17.9 Å². The molecule has 2 rings (SSSR count). The van der Waals surface area contributed by atoms with Crippen LogP contribution in [0.5, 0.6) is 0 Å². The summed E-state index contributed by atoms with van der Waals surface area (Å²) in [4.78, 5) is 12.1. The highest BCUT2D eigenvalue weighted by atomic mass is 35.5. The topological polar surface area (TPSA) is 111 Å². The highest BCUT2D eigenvalue weighted by molar-refractivity contribution is 7.89. The summed E-state index contributed by atoms with van der Waals surface area (Å²) in [5.74, 6) is -0.265. The van der Waals surface area contributed by atoms with E-state index in [0.717, 1.165) is 0 Å². The Kier molecular flexibility index (Phi) is 6.76. The molecule has 1 aromatic rings. The number of hydrogen-bond acceptors (Lipinski definition) is 5. The number of anilines is 1. The number of benzene rings is 1. The maximum Gasteiger partial charge on any atom is 0.243 e. The van der Waals surface area contributed by atoms with Gasteiger partial charge in [0.05, 0.1) is 18.1 Å². The Morgan fingerprint density at radius 1 is 1.50 bits per heavy atom. The van der Waals surface area contributed by atoms with Crippen LogP contribution >= 0.6 is 12.4 Å². The number of ether oxygens (including phenoxy) is 1. The molecule has 1 aromatic carbocycles. The van der Waals surface area contributed by atoms with Crippen LogP contribution in [0.15, 0.2) is 23.1 Å². The lowest BCUT2D eigenvalue weighted by atomic mass is 10.1. The Labute approximate surface area is 136 Å². The van der Waals surface area contributed by atoms with E-state index in [1.165, 1.54) is 6.07 Å². The summed E-state index contributed by atoms with van der Waals surface area (Å²) in [6.45, 7) is 3.31. The molecule has 4 N–H and O–H groups in total. The highest BCUT2D eigenvalue weighted by Crippen LogP contribution is 2.20. The first-order valence-corrected chi connectivity index (χ1v) is 8.24. The number of carbonyl (C=O) groups excluding carboxylic acids is 1. The lowest BCUT2D eigenvalue weighted by Gasteiger charge is -2.23. The predicted molar refractivity (Wildman–Crippen MR) is 85.7 cm³/mol. The summed E-state index contributed by atoms with van der Waals surface area (Å²) in [5, 5.41) is 10.9. The van der Waals surface area contributed by atoms with Crippen LogP contribution in [-0.2, 0) is 26.0 Å². The third kappa shape index (κ3) is 4.65. The zero-order valence-electron chi connectivity index (χ0n) is 12.2. The number of primary sulfonamides is 1. The average Bonchev–Trinajstić information content (AvgIpc) is 2.47. The lowest BCUT2D eigenvalue weighted by Crippen LogP contribution is -2.48. The van der Waals surface area contributed by atoms with Gasteiger partial charge in [-0.15, -0.1) is 12.4 Å². The summed E-state index contributed by atoms with van der Waals surface area (Å²) in [6, 6.07) is 4.26. The van der Waals surface area contributed by atoms with Gasteiger partial charge in [-0.2, -0.15) is 0 Å². The molecule has 0 radical (unpaired) electrons.